The molecule has 0 bridgehead atoms. The van der Waals surface area contributed by atoms with Gasteiger partial charge in [0.15, 0.2) is 0 Å². The molecule has 1 N–H and O–H groups in total. The number of nitrogens with one attached hydrogen (secondary N) is 1. The van der Waals surface area contributed by atoms with Gasteiger partial charge in [-0.3, -0.25) is 0 Å². The average Bonchev–Trinajstić information content (AvgIpc) is 2.79. The Morgan fingerprint density at radius 1 is 1.16 bits per heavy atom. The van der Waals surface area contributed by atoms with Crippen molar-refractivity contribution >= 4 is 38.9 Å². The summed E-state index contributed by atoms with van der Waals surface area (Å²) in [5.74, 6) is 0. The SMILES string of the molecule is CC(Cc1ccc(Cl)cc1)NC(C)c1ccc(Br)s1. The van der Waals surface area contributed by atoms with Crippen LogP contribution in [0, 0.1) is 0 Å². The summed E-state index contributed by atoms with van der Waals surface area (Å²) in [6.45, 7) is 4.42. The molecule has 1 aromatic carbocycles. The molecule has 1 aromatic heterocycles. The second-order valence-corrected chi connectivity index (χ2v) is 7.69. The summed E-state index contributed by atoms with van der Waals surface area (Å²) in [5.41, 5.74) is 1.31. The quantitative estimate of drug-likeness (QED) is 0.749. The van der Waals surface area contributed by atoms with Crippen molar-refractivity contribution < 1.29 is 0 Å². The van der Waals surface area contributed by atoms with E-state index in [1.54, 1.807) is 11.3 Å². The summed E-state index contributed by atoms with van der Waals surface area (Å²) in [4.78, 5) is 1.36. The van der Waals surface area contributed by atoms with Gasteiger partial charge in [-0.25, -0.2) is 0 Å². The van der Waals surface area contributed by atoms with Crippen LogP contribution in [-0.2, 0) is 6.42 Å². The molecule has 0 amide bonds. The molecule has 2 rings (SSSR count). The van der Waals surface area contributed by atoms with Gasteiger partial charge >= 0.3 is 0 Å². The Balaban J connectivity index is 1.90. The van der Waals surface area contributed by atoms with Gasteiger partial charge in [0.25, 0.3) is 0 Å². The van der Waals surface area contributed by atoms with E-state index in [1.165, 1.54) is 14.2 Å². The minimum atomic E-state index is 0.374. The average molecular weight is 359 g/mol. The van der Waals surface area contributed by atoms with E-state index in [9.17, 15) is 0 Å². The summed E-state index contributed by atoms with van der Waals surface area (Å²) in [7, 11) is 0. The molecule has 0 radical (unpaired) electrons. The number of hydrogen-bond acceptors (Lipinski definition) is 2. The standard InChI is InChI=1S/C15H17BrClNS/c1-10(9-12-3-5-13(17)6-4-12)18-11(2)14-7-8-15(16)19-14/h3-8,10-11,18H,9H2,1-2H3. The van der Waals surface area contributed by atoms with Gasteiger partial charge in [-0.1, -0.05) is 23.7 Å². The molecule has 0 aliphatic carbocycles. The van der Waals surface area contributed by atoms with Crippen LogP contribution in [-0.4, -0.2) is 6.04 Å². The molecule has 0 aliphatic rings. The molecule has 0 spiro atoms. The molecule has 0 saturated carbocycles. The number of thiophene rings is 1. The molecule has 1 heterocycles. The minimum Gasteiger partial charge on any atom is -0.307 e. The van der Waals surface area contributed by atoms with Crippen LogP contribution in [0.2, 0.25) is 5.02 Å². The van der Waals surface area contributed by atoms with Gasteiger partial charge in [-0.15, -0.1) is 11.3 Å². The largest absolute Gasteiger partial charge is 0.307 e. The molecule has 2 atom stereocenters. The summed E-state index contributed by atoms with van der Waals surface area (Å²) in [5, 5.41) is 4.42. The molecule has 2 unspecified atom stereocenters. The summed E-state index contributed by atoms with van der Waals surface area (Å²) in [6, 6.07) is 13.1. The van der Waals surface area contributed by atoms with Crippen LogP contribution in [0.5, 0.6) is 0 Å². The van der Waals surface area contributed by atoms with Crippen LogP contribution in [0.4, 0.5) is 0 Å². The topological polar surface area (TPSA) is 12.0 Å². The van der Waals surface area contributed by atoms with E-state index in [4.69, 9.17) is 11.6 Å². The lowest BCUT2D eigenvalue weighted by Crippen LogP contribution is -2.30. The van der Waals surface area contributed by atoms with Gasteiger partial charge in [-0.05, 0) is 66.0 Å². The number of benzene rings is 1. The lowest BCUT2D eigenvalue weighted by atomic mass is 10.1. The molecular weight excluding hydrogens is 342 g/mol. The Labute approximate surface area is 132 Å². The number of rotatable bonds is 5. The first-order valence-corrected chi connectivity index (χ1v) is 8.29. The van der Waals surface area contributed by atoms with E-state index in [-0.39, 0.29) is 0 Å². The van der Waals surface area contributed by atoms with Crippen LogP contribution in [0.3, 0.4) is 0 Å². The molecule has 19 heavy (non-hydrogen) atoms. The molecule has 102 valence electrons. The zero-order chi connectivity index (χ0) is 13.8. The number of hydrogen-bond donors (Lipinski definition) is 1. The molecule has 0 saturated heterocycles. The van der Waals surface area contributed by atoms with Gasteiger partial charge in [0.2, 0.25) is 0 Å². The Morgan fingerprint density at radius 2 is 1.84 bits per heavy atom. The summed E-state index contributed by atoms with van der Waals surface area (Å²) < 4.78 is 1.18. The van der Waals surface area contributed by atoms with Crippen molar-refractivity contribution in [2.45, 2.75) is 32.4 Å². The number of halogens is 2. The highest BCUT2D eigenvalue weighted by atomic mass is 79.9. The van der Waals surface area contributed by atoms with Gasteiger partial charge in [-0.2, -0.15) is 0 Å². The van der Waals surface area contributed by atoms with Crippen molar-refractivity contribution in [3.05, 3.63) is 55.6 Å². The smallest absolute Gasteiger partial charge is 0.0701 e. The Bertz CT molecular complexity index is 523. The third-order valence-electron chi connectivity index (χ3n) is 3.01. The zero-order valence-corrected chi connectivity index (χ0v) is 14.1. The monoisotopic (exact) mass is 357 g/mol. The van der Waals surface area contributed by atoms with Crippen molar-refractivity contribution in [1.29, 1.82) is 0 Å². The molecule has 1 nitrogen and oxygen atoms in total. The third-order valence-corrected chi connectivity index (χ3v) is 5.07. The maximum atomic E-state index is 5.90. The fraction of sp³-hybridized carbons (Fsp3) is 0.333. The highest BCUT2D eigenvalue weighted by Crippen LogP contribution is 2.27. The van der Waals surface area contributed by atoms with Crippen LogP contribution in [0.25, 0.3) is 0 Å². The molecule has 2 aromatic rings. The van der Waals surface area contributed by atoms with Crippen molar-refractivity contribution in [1.82, 2.24) is 5.32 Å². The molecule has 0 aliphatic heterocycles. The Kier molecular flexibility index (Phi) is 5.46. The first kappa shape index (κ1) is 15.0. The summed E-state index contributed by atoms with van der Waals surface area (Å²) >= 11 is 11.2. The van der Waals surface area contributed by atoms with Gasteiger partial charge < -0.3 is 5.32 Å². The first-order chi connectivity index (χ1) is 9.04. The predicted molar refractivity (Wildman–Crippen MR) is 88.2 cm³/mol. The van der Waals surface area contributed by atoms with Crippen molar-refractivity contribution in [3.8, 4) is 0 Å². The third kappa shape index (κ3) is 4.60. The van der Waals surface area contributed by atoms with Crippen LogP contribution in [0.1, 0.15) is 30.3 Å². The van der Waals surface area contributed by atoms with Crippen LogP contribution < -0.4 is 5.32 Å². The van der Waals surface area contributed by atoms with E-state index in [1.807, 2.05) is 12.1 Å². The van der Waals surface area contributed by atoms with E-state index in [0.717, 1.165) is 11.4 Å². The second-order valence-electron chi connectivity index (χ2n) is 4.76. The highest BCUT2D eigenvalue weighted by Gasteiger charge is 2.11. The second kappa shape index (κ2) is 6.89. The van der Waals surface area contributed by atoms with Crippen molar-refractivity contribution in [3.63, 3.8) is 0 Å². The van der Waals surface area contributed by atoms with Crippen molar-refractivity contribution in [2.75, 3.05) is 0 Å². The van der Waals surface area contributed by atoms with E-state index >= 15 is 0 Å². The van der Waals surface area contributed by atoms with Crippen LogP contribution >= 0.6 is 38.9 Å². The van der Waals surface area contributed by atoms with Crippen LogP contribution in [0.15, 0.2) is 40.2 Å². The Morgan fingerprint density at radius 3 is 2.42 bits per heavy atom. The maximum absolute atomic E-state index is 5.90. The molecular formula is C15H17BrClNS. The van der Waals surface area contributed by atoms with E-state index in [0.29, 0.717) is 12.1 Å². The normalized spacial score (nSPS) is 14.3. The molecule has 4 heteroatoms. The zero-order valence-electron chi connectivity index (χ0n) is 11.0. The summed E-state index contributed by atoms with van der Waals surface area (Å²) in [6.07, 6.45) is 1.01. The van der Waals surface area contributed by atoms with Gasteiger partial charge in [0, 0.05) is 22.0 Å². The van der Waals surface area contributed by atoms with E-state index < -0.39 is 0 Å². The first-order valence-electron chi connectivity index (χ1n) is 6.30. The predicted octanol–water partition coefficient (Wildman–Crippen LogP) is 5.45. The molecule has 0 fully saturated rings. The fourth-order valence-electron chi connectivity index (χ4n) is 2.10. The maximum Gasteiger partial charge on any atom is 0.0701 e. The van der Waals surface area contributed by atoms with Gasteiger partial charge in [0.05, 0.1) is 3.79 Å². The highest BCUT2D eigenvalue weighted by molar-refractivity contribution is 9.11. The fourth-order valence-corrected chi connectivity index (χ4v) is 3.66. The lowest BCUT2D eigenvalue weighted by Gasteiger charge is -2.19. The lowest BCUT2D eigenvalue weighted by molar-refractivity contribution is 0.482. The van der Waals surface area contributed by atoms with E-state index in [2.05, 4.69) is 59.4 Å². The minimum absolute atomic E-state index is 0.374. The Hall–Kier alpha value is -0.350. The van der Waals surface area contributed by atoms with Crippen molar-refractivity contribution in [2.24, 2.45) is 0 Å². The van der Waals surface area contributed by atoms with Gasteiger partial charge in [0.1, 0.15) is 0 Å².